The van der Waals surface area contributed by atoms with Crippen LogP contribution in [0, 0.1) is 13.8 Å². The molecule has 3 N–H and O–H groups in total. The van der Waals surface area contributed by atoms with Crippen molar-refractivity contribution >= 4 is 17.5 Å². The summed E-state index contributed by atoms with van der Waals surface area (Å²) in [6.45, 7) is 3.84. The zero-order valence-corrected chi connectivity index (χ0v) is 10.7. The van der Waals surface area contributed by atoms with Crippen LogP contribution in [0.25, 0.3) is 0 Å². The van der Waals surface area contributed by atoms with E-state index in [2.05, 4.69) is 20.8 Å². The minimum Gasteiger partial charge on any atom is -0.307 e. The van der Waals surface area contributed by atoms with E-state index in [1.54, 1.807) is 0 Å². The van der Waals surface area contributed by atoms with Crippen LogP contribution < -0.4 is 16.2 Å². The van der Waals surface area contributed by atoms with Crippen LogP contribution in [0.5, 0.6) is 0 Å². The summed E-state index contributed by atoms with van der Waals surface area (Å²) in [6, 6.07) is 8.08. The molecule has 98 valence electrons. The van der Waals surface area contributed by atoms with Gasteiger partial charge in [0.2, 0.25) is 0 Å². The Morgan fingerprint density at radius 2 is 1.79 bits per heavy atom. The van der Waals surface area contributed by atoms with Gasteiger partial charge in [-0.3, -0.25) is 10.1 Å². The van der Waals surface area contributed by atoms with Gasteiger partial charge in [-0.25, -0.2) is 9.89 Å². The molecule has 0 bridgehead atoms. The van der Waals surface area contributed by atoms with E-state index in [-0.39, 0.29) is 11.4 Å². The second-order valence-electron chi connectivity index (χ2n) is 4.15. The summed E-state index contributed by atoms with van der Waals surface area (Å²) in [7, 11) is 0. The van der Waals surface area contributed by atoms with Crippen LogP contribution in [0.4, 0.5) is 16.3 Å². The smallest absolute Gasteiger partial charge is 0.307 e. The highest BCUT2D eigenvalue weighted by Crippen LogP contribution is 2.19. The molecule has 19 heavy (non-hydrogen) atoms. The van der Waals surface area contributed by atoms with E-state index in [1.807, 2.05) is 32.0 Å². The van der Waals surface area contributed by atoms with Crippen molar-refractivity contribution in [2.24, 2.45) is 0 Å². The summed E-state index contributed by atoms with van der Waals surface area (Å²) in [4.78, 5) is 22.7. The monoisotopic (exact) mass is 258 g/mol. The number of benzene rings is 1. The Morgan fingerprint density at radius 3 is 2.37 bits per heavy atom. The first kappa shape index (κ1) is 12.8. The maximum Gasteiger partial charge on any atom is 0.324 e. The molecule has 0 aliphatic carbocycles. The van der Waals surface area contributed by atoms with Crippen LogP contribution in [-0.2, 0) is 0 Å². The number of aryl methyl sites for hydroxylation is 2. The van der Waals surface area contributed by atoms with Crippen molar-refractivity contribution in [1.29, 1.82) is 0 Å². The van der Waals surface area contributed by atoms with Crippen molar-refractivity contribution < 1.29 is 4.79 Å². The highest BCUT2D eigenvalue weighted by Gasteiger charge is 2.07. The average Bonchev–Trinajstić information content (AvgIpc) is 2.37. The van der Waals surface area contributed by atoms with Crippen LogP contribution in [0.15, 0.2) is 35.1 Å². The third-order valence-corrected chi connectivity index (χ3v) is 2.64. The highest BCUT2D eigenvalue weighted by atomic mass is 16.2. The van der Waals surface area contributed by atoms with Gasteiger partial charge in [0.05, 0.1) is 0 Å². The van der Waals surface area contributed by atoms with Gasteiger partial charge in [0, 0.05) is 11.8 Å². The molecule has 1 aromatic heterocycles. The molecule has 2 amide bonds. The molecule has 0 atom stereocenters. The Hall–Kier alpha value is -2.63. The Bertz CT molecular complexity index is 623. The molecule has 0 unspecified atom stereocenters. The van der Waals surface area contributed by atoms with Crippen molar-refractivity contribution in [3.8, 4) is 0 Å². The fraction of sp³-hybridized carbons (Fsp3) is 0.154. The van der Waals surface area contributed by atoms with Crippen LogP contribution in [0.1, 0.15) is 11.1 Å². The fourth-order valence-corrected chi connectivity index (χ4v) is 1.69. The summed E-state index contributed by atoms with van der Waals surface area (Å²) in [6.07, 6.45) is 0. The first-order chi connectivity index (χ1) is 9.06. The number of carbonyl (C=O) groups is 1. The lowest BCUT2D eigenvalue weighted by molar-refractivity contribution is 0.262. The Labute approximate surface area is 109 Å². The lowest BCUT2D eigenvalue weighted by Gasteiger charge is -2.11. The molecule has 0 saturated heterocycles. The van der Waals surface area contributed by atoms with E-state index < -0.39 is 6.03 Å². The normalized spacial score (nSPS) is 10.0. The zero-order chi connectivity index (χ0) is 13.8. The summed E-state index contributed by atoms with van der Waals surface area (Å²) in [5.74, 6) is 0.281. The van der Waals surface area contributed by atoms with Crippen LogP contribution in [0.2, 0.25) is 0 Å². The van der Waals surface area contributed by atoms with Gasteiger partial charge in [0.15, 0.2) is 5.82 Å². The molecule has 1 heterocycles. The van der Waals surface area contributed by atoms with Gasteiger partial charge in [-0.2, -0.15) is 5.10 Å². The maximum absolute atomic E-state index is 11.8. The number of hydrogen-bond donors (Lipinski definition) is 3. The molecule has 0 spiro atoms. The number of aromatic amines is 1. The van der Waals surface area contributed by atoms with Gasteiger partial charge >= 0.3 is 6.03 Å². The molecule has 0 aliphatic heterocycles. The number of carbonyl (C=O) groups excluding carboxylic acids is 1. The van der Waals surface area contributed by atoms with E-state index in [4.69, 9.17) is 0 Å². The number of para-hydroxylation sites is 1. The van der Waals surface area contributed by atoms with Crippen molar-refractivity contribution in [2.45, 2.75) is 13.8 Å². The van der Waals surface area contributed by atoms with Gasteiger partial charge < -0.3 is 5.32 Å². The summed E-state index contributed by atoms with van der Waals surface area (Å²) < 4.78 is 0. The lowest BCUT2D eigenvalue weighted by Crippen LogP contribution is -2.22. The van der Waals surface area contributed by atoms with Crippen molar-refractivity contribution in [2.75, 3.05) is 10.6 Å². The third-order valence-electron chi connectivity index (χ3n) is 2.64. The summed E-state index contributed by atoms with van der Waals surface area (Å²) in [5.41, 5.74) is 2.40. The predicted molar refractivity (Wildman–Crippen MR) is 73.4 cm³/mol. The molecular weight excluding hydrogens is 244 g/mol. The molecule has 6 nitrogen and oxygen atoms in total. The van der Waals surface area contributed by atoms with Crippen LogP contribution >= 0.6 is 0 Å². The SMILES string of the molecule is Cc1cccc(C)c1NC(=O)Nc1ccc(=O)[nH]n1. The topological polar surface area (TPSA) is 86.9 Å². The third kappa shape index (κ3) is 3.19. The first-order valence-electron chi connectivity index (χ1n) is 5.76. The fourth-order valence-electron chi connectivity index (χ4n) is 1.69. The minimum atomic E-state index is -0.406. The molecule has 0 saturated carbocycles. The number of amides is 2. The predicted octanol–water partition coefficient (Wildman–Crippen LogP) is 2.03. The molecular formula is C13H14N4O2. The molecule has 0 radical (unpaired) electrons. The average molecular weight is 258 g/mol. The van der Waals surface area contributed by atoms with Crippen molar-refractivity contribution in [3.63, 3.8) is 0 Å². The quantitative estimate of drug-likeness (QED) is 0.770. The number of anilines is 2. The lowest BCUT2D eigenvalue weighted by atomic mass is 10.1. The van der Waals surface area contributed by atoms with Crippen molar-refractivity contribution in [1.82, 2.24) is 10.2 Å². The van der Waals surface area contributed by atoms with Crippen molar-refractivity contribution in [3.05, 3.63) is 51.8 Å². The number of urea groups is 1. The van der Waals surface area contributed by atoms with Gasteiger partial charge in [-0.05, 0) is 31.0 Å². The van der Waals surface area contributed by atoms with Gasteiger partial charge in [0.1, 0.15) is 0 Å². The van der Waals surface area contributed by atoms with Gasteiger partial charge in [-0.1, -0.05) is 18.2 Å². The first-order valence-corrected chi connectivity index (χ1v) is 5.76. The second kappa shape index (κ2) is 5.34. The zero-order valence-electron chi connectivity index (χ0n) is 10.7. The molecule has 2 aromatic rings. The largest absolute Gasteiger partial charge is 0.324 e. The second-order valence-corrected chi connectivity index (χ2v) is 4.15. The molecule has 0 fully saturated rings. The number of H-pyrrole nitrogens is 1. The molecule has 6 heteroatoms. The van der Waals surface area contributed by atoms with Crippen LogP contribution in [0.3, 0.4) is 0 Å². The van der Waals surface area contributed by atoms with E-state index in [0.29, 0.717) is 0 Å². The number of nitrogens with zero attached hydrogens (tertiary/aromatic N) is 1. The Morgan fingerprint density at radius 1 is 1.11 bits per heavy atom. The number of aromatic nitrogens is 2. The summed E-state index contributed by atoms with van der Waals surface area (Å²) in [5, 5.41) is 11.2. The van der Waals surface area contributed by atoms with Gasteiger partial charge in [0.25, 0.3) is 5.56 Å². The molecule has 1 aromatic carbocycles. The number of hydrogen-bond acceptors (Lipinski definition) is 3. The minimum absolute atomic E-state index is 0.281. The maximum atomic E-state index is 11.8. The summed E-state index contributed by atoms with van der Waals surface area (Å²) >= 11 is 0. The standard InChI is InChI=1S/C13H14N4O2/c1-8-4-3-5-9(2)12(8)15-13(19)14-10-6-7-11(18)17-16-10/h3-7H,1-2H3,(H,17,18)(H2,14,15,16,19). The van der Waals surface area contributed by atoms with Crippen LogP contribution in [-0.4, -0.2) is 16.2 Å². The number of rotatable bonds is 2. The van der Waals surface area contributed by atoms with E-state index >= 15 is 0 Å². The Balaban J connectivity index is 2.09. The van der Waals surface area contributed by atoms with E-state index in [0.717, 1.165) is 16.8 Å². The number of nitrogens with one attached hydrogen (secondary N) is 3. The molecule has 2 rings (SSSR count). The Kier molecular flexibility index (Phi) is 3.61. The van der Waals surface area contributed by atoms with Gasteiger partial charge in [-0.15, -0.1) is 0 Å². The molecule has 0 aliphatic rings. The van der Waals surface area contributed by atoms with E-state index in [1.165, 1.54) is 12.1 Å². The highest BCUT2D eigenvalue weighted by molar-refractivity contribution is 6.00. The van der Waals surface area contributed by atoms with E-state index in [9.17, 15) is 9.59 Å².